The Hall–Kier alpha value is -0.900. The van der Waals surface area contributed by atoms with E-state index in [1.165, 1.54) is 4.90 Å². The van der Waals surface area contributed by atoms with E-state index < -0.39 is 0 Å². The van der Waals surface area contributed by atoms with Crippen molar-refractivity contribution >= 4 is 11.8 Å². The number of nitrogens with one attached hydrogen (secondary N) is 1. The molecule has 0 spiro atoms. The van der Waals surface area contributed by atoms with Gasteiger partial charge < -0.3 is 5.32 Å². The fourth-order valence-corrected chi connectivity index (χ4v) is 1.94. The van der Waals surface area contributed by atoms with Gasteiger partial charge in [0.2, 0.25) is 11.8 Å². The Morgan fingerprint density at radius 3 is 2.47 bits per heavy atom. The summed E-state index contributed by atoms with van der Waals surface area (Å²) in [6, 6.07) is -0.282. The summed E-state index contributed by atoms with van der Waals surface area (Å²) in [7, 11) is 0. The number of hydrogen-bond donors (Lipinski definition) is 1. The molecule has 1 rings (SSSR count). The quantitative estimate of drug-likeness (QED) is 0.717. The third-order valence-corrected chi connectivity index (χ3v) is 3.62. The van der Waals surface area contributed by atoms with E-state index in [0.717, 1.165) is 19.4 Å². The number of amides is 2. The molecule has 3 unspecified atom stereocenters. The zero-order valence-electron chi connectivity index (χ0n) is 11.3. The van der Waals surface area contributed by atoms with Gasteiger partial charge in [-0.15, -0.1) is 0 Å². The molecule has 4 heteroatoms. The van der Waals surface area contributed by atoms with Crippen molar-refractivity contribution in [3.63, 3.8) is 0 Å². The molecule has 2 amide bonds. The zero-order chi connectivity index (χ0) is 13.0. The molecule has 1 saturated heterocycles. The number of nitrogens with zero attached hydrogens (tertiary/aromatic N) is 1. The summed E-state index contributed by atoms with van der Waals surface area (Å²) in [4.78, 5) is 25.3. The van der Waals surface area contributed by atoms with Gasteiger partial charge in [0.05, 0.1) is 12.5 Å². The molecule has 0 aliphatic carbocycles. The molecule has 3 atom stereocenters. The van der Waals surface area contributed by atoms with Crippen molar-refractivity contribution in [3.05, 3.63) is 0 Å². The standard InChI is InChI=1S/C13H24N2O2/c1-5-9(3)8-14-11-7-12(16)15(13(11)17)10(4)6-2/h9-11,14H,5-8H2,1-4H3. The number of hydrogen-bond acceptors (Lipinski definition) is 3. The number of carbonyl (C=O) groups excluding carboxylic acids is 2. The van der Waals surface area contributed by atoms with E-state index in [2.05, 4.69) is 19.2 Å². The summed E-state index contributed by atoms with van der Waals surface area (Å²) in [5.74, 6) is 0.453. The normalized spacial score (nSPS) is 24.2. The maximum absolute atomic E-state index is 12.1. The maximum Gasteiger partial charge on any atom is 0.247 e. The Bertz CT molecular complexity index is 291. The van der Waals surface area contributed by atoms with Crippen LogP contribution >= 0.6 is 0 Å². The lowest BCUT2D eigenvalue weighted by atomic mass is 10.1. The van der Waals surface area contributed by atoms with Gasteiger partial charge in [-0.1, -0.05) is 27.2 Å². The fraction of sp³-hybridized carbons (Fsp3) is 0.846. The number of carbonyl (C=O) groups is 2. The molecule has 0 aromatic carbocycles. The van der Waals surface area contributed by atoms with Crippen LogP contribution in [0.4, 0.5) is 0 Å². The van der Waals surface area contributed by atoms with E-state index in [4.69, 9.17) is 0 Å². The largest absolute Gasteiger partial charge is 0.305 e. The van der Waals surface area contributed by atoms with Gasteiger partial charge in [-0.3, -0.25) is 14.5 Å². The molecule has 0 radical (unpaired) electrons. The van der Waals surface area contributed by atoms with Gasteiger partial charge in [0.1, 0.15) is 0 Å². The summed E-state index contributed by atoms with van der Waals surface area (Å²) < 4.78 is 0. The summed E-state index contributed by atoms with van der Waals surface area (Å²) in [5, 5.41) is 3.21. The Kier molecular flexibility index (Phi) is 5.12. The van der Waals surface area contributed by atoms with Gasteiger partial charge in [0.25, 0.3) is 0 Å². The maximum atomic E-state index is 12.1. The molecule has 0 bridgehead atoms. The van der Waals surface area contributed by atoms with Crippen LogP contribution in [0.2, 0.25) is 0 Å². The minimum absolute atomic E-state index is 0.0189. The third-order valence-electron chi connectivity index (χ3n) is 3.62. The monoisotopic (exact) mass is 240 g/mol. The number of likely N-dealkylation sites (tertiary alicyclic amines) is 1. The molecule has 98 valence electrons. The molecule has 0 aromatic rings. The van der Waals surface area contributed by atoms with Crippen molar-refractivity contribution in [1.82, 2.24) is 10.2 Å². The topological polar surface area (TPSA) is 49.4 Å². The molecule has 1 fully saturated rings. The van der Waals surface area contributed by atoms with E-state index in [1.54, 1.807) is 0 Å². The summed E-state index contributed by atoms with van der Waals surface area (Å²) in [6.07, 6.45) is 2.21. The van der Waals surface area contributed by atoms with Crippen LogP contribution in [0.15, 0.2) is 0 Å². The van der Waals surface area contributed by atoms with E-state index in [1.807, 2.05) is 13.8 Å². The van der Waals surface area contributed by atoms with Gasteiger partial charge in [0, 0.05) is 6.04 Å². The van der Waals surface area contributed by atoms with Crippen LogP contribution in [-0.4, -0.2) is 35.3 Å². The predicted octanol–water partition coefficient (Wildman–Crippen LogP) is 1.55. The summed E-state index contributed by atoms with van der Waals surface area (Å²) in [6.45, 7) is 8.98. The second kappa shape index (κ2) is 6.15. The van der Waals surface area contributed by atoms with Crippen LogP contribution in [0, 0.1) is 5.92 Å². The Morgan fingerprint density at radius 1 is 1.29 bits per heavy atom. The second-order valence-electron chi connectivity index (χ2n) is 5.04. The lowest BCUT2D eigenvalue weighted by molar-refractivity contribution is -0.141. The first-order valence-electron chi connectivity index (χ1n) is 6.60. The first-order chi connectivity index (χ1) is 8.01. The van der Waals surface area contributed by atoms with E-state index in [-0.39, 0.29) is 23.9 Å². The molecular weight excluding hydrogens is 216 g/mol. The summed E-state index contributed by atoms with van der Waals surface area (Å²) in [5.41, 5.74) is 0. The smallest absolute Gasteiger partial charge is 0.247 e. The van der Waals surface area contributed by atoms with Gasteiger partial charge in [-0.05, 0) is 25.8 Å². The fourth-order valence-electron chi connectivity index (χ4n) is 1.94. The van der Waals surface area contributed by atoms with Crippen molar-refractivity contribution in [2.45, 2.75) is 59.0 Å². The molecule has 1 aliphatic heterocycles. The molecule has 1 aliphatic rings. The highest BCUT2D eigenvalue weighted by Crippen LogP contribution is 2.18. The van der Waals surface area contributed by atoms with Crippen LogP contribution in [0.3, 0.4) is 0 Å². The minimum atomic E-state index is -0.300. The van der Waals surface area contributed by atoms with Crippen LogP contribution in [0.1, 0.15) is 47.0 Å². The molecule has 1 N–H and O–H groups in total. The van der Waals surface area contributed by atoms with Crippen molar-refractivity contribution in [3.8, 4) is 0 Å². The van der Waals surface area contributed by atoms with E-state index in [0.29, 0.717) is 12.3 Å². The lowest BCUT2D eigenvalue weighted by Gasteiger charge is -2.22. The van der Waals surface area contributed by atoms with Crippen molar-refractivity contribution in [2.24, 2.45) is 5.92 Å². The first-order valence-corrected chi connectivity index (χ1v) is 6.60. The molecular formula is C13H24N2O2. The van der Waals surface area contributed by atoms with Gasteiger partial charge in [-0.2, -0.15) is 0 Å². The Labute approximate surface area is 104 Å². The van der Waals surface area contributed by atoms with Crippen LogP contribution in [0.5, 0.6) is 0 Å². The Morgan fingerprint density at radius 2 is 1.94 bits per heavy atom. The number of rotatable bonds is 6. The van der Waals surface area contributed by atoms with Crippen LogP contribution < -0.4 is 5.32 Å². The van der Waals surface area contributed by atoms with Crippen LogP contribution in [0.25, 0.3) is 0 Å². The van der Waals surface area contributed by atoms with Crippen molar-refractivity contribution < 1.29 is 9.59 Å². The molecule has 0 saturated carbocycles. The summed E-state index contributed by atoms with van der Waals surface area (Å²) >= 11 is 0. The second-order valence-corrected chi connectivity index (χ2v) is 5.04. The van der Waals surface area contributed by atoms with Crippen molar-refractivity contribution in [2.75, 3.05) is 6.54 Å². The van der Waals surface area contributed by atoms with Crippen LogP contribution in [-0.2, 0) is 9.59 Å². The third kappa shape index (κ3) is 3.28. The molecule has 17 heavy (non-hydrogen) atoms. The van der Waals surface area contributed by atoms with Gasteiger partial charge >= 0.3 is 0 Å². The average Bonchev–Trinajstić information content (AvgIpc) is 2.60. The van der Waals surface area contributed by atoms with Gasteiger partial charge in [-0.25, -0.2) is 0 Å². The molecule has 1 heterocycles. The highest BCUT2D eigenvalue weighted by molar-refractivity contribution is 6.05. The first kappa shape index (κ1) is 14.2. The van der Waals surface area contributed by atoms with Crippen molar-refractivity contribution in [1.29, 1.82) is 0 Å². The number of imide groups is 1. The SMILES string of the molecule is CCC(C)CNC1CC(=O)N(C(C)CC)C1=O. The Balaban J connectivity index is 2.55. The lowest BCUT2D eigenvalue weighted by Crippen LogP contribution is -2.43. The van der Waals surface area contributed by atoms with E-state index in [9.17, 15) is 9.59 Å². The molecule has 4 nitrogen and oxygen atoms in total. The molecule has 0 aromatic heterocycles. The highest BCUT2D eigenvalue weighted by Gasteiger charge is 2.40. The zero-order valence-corrected chi connectivity index (χ0v) is 11.3. The highest BCUT2D eigenvalue weighted by atomic mass is 16.2. The van der Waals surface area contributed by atoms with E-state index >= 15 is 0 Å². The predicted molar refractivity (Wildman–Crippen MR) is 67.5 cm³/mol. The minimum Gasteiger partial charge on any atom is -0.305 e. The van der Waals surface area contributed by atoms with Gasteiger partial charge in [0.15, 0.2) is 0 Å². The average molecular weight is 240 g/mol.